The Kier molecular flexibility index (Phi) is 2.23. The van der Waals surface area contributed by atoms with Gasteiger partial charge in [-0.1, -0.05) is 12.1 Å². The molecule has 14 heavy (non-hydrogen) atoms. The number of benzene rings is 1. The summed E-state index contributed by atoms with van der Waals surface area (Å²) in [5, 5.41) is 0.970. The van der Waals surface area contributed by atoms with Crippen molar-refractivity contribution in [2.45, 2.75) is 6.42 Å². The molecule has 1 heterocycles. The number of ether oxygens (including phenoxy) is 1. The molecule has 0 spiro atoms. The molecule has 1 aromatic heterocycles. The van der Waals surface area contributed by atoms with Crippen LogP contribution in [0.3, 0.4) is 0 Å². The van der Waals surface area contributed by atoms with Crippen molar-refractivity contribution in [2.75, 3.05) is 7.11 Å². The number of esters is 1. The number of methoxy groups -OCH3 is 1. The van der Waals surface area contributed by atoms with Crippen LogP contribution >= 0.6 is 0 Å². The lowest BCUT2D eigenvalue weighted by molar-refractivity contribution is -0.139. The first-order valence-corrected chi connectivity index (χ1v) is 4.33. The standard InChI is InChI=1S/C11H10O3/c1-13-11(12)7-8-3-2-4-10-9(8)5-6-14-10/h2-6H,7H2,1H3. The van der Waals surface area contributed by atoms with Crippen LogP contribution in [0.5, 0.6) is 0 Å². The number of rotatable bonds is 2. The Morgan fingerprint density at radius 2 is 2.29 bits per heavy atom. The summed E-state index contributed by atoms with van der Waals surface area (Å²) in [7, 11) is 1.39. The molecule has 3 heteroatoms. The molecule has 2 rings (SSSR count). The maximum atomic E-state index is 11.1. The highest BCUT2D eigenvalue weighted by molar-refractivity contribution is 5.85. The molecule has 0 N–H and O–H groups in total. The molecule has 0 fully saturated rings. The van der Waals surface area contributed by atoms with E-state index in [4.69, 9.17) is 4.42 Å². The summed E-state index contributed by atoms with van der Waals surface area (Å²) in [6.07, 6.45) is 1.90. The van der Waals surface area contributed by atoms with E-state index in [1.165, 1.54) is 7.11 Å². The van der Waals surface area contributed by atoms with Crippen molar-refractivity contribution in [3.05, 3.63) is 36.1 Å². The summed E-state index contributed by atoms with van der Waals surface area (Å²) in [5.74, 6) is -0.237. The molecule has 0 atom stereocenters. The molecule has 3 nitrogen and oxygen atoms in total. The third kappa shape index (κ3) is 1.48. The topological polar surface area (TPSA) is 39.4 Å². The van der Waals surface area contributed by atoms with Gasteiger partial charge in [0.1, 0.15) is 5.58 Å². The Morgan fingerprint density at radius 1 is 1.43 bits per heavy atom. The van der Waals surface area contributed by atoms with E-state index in [9.17, 15) is 4.79 Å². The largest absolute Gasteiger partial charge is 0.469 e. The average Bonchev–Trinajstić information content (AvgIpc) is 2.66. The highest BCUT2D eigenvalue weighted by atomic mass is 16.5. The first-order valence-electron chi connectivity index (χ1n) is 4.33. The van der Waals surface area contributed by atoms with Gasteiger partial charge in [0.2, 0.25) is 0 Å². The lowest BCUT2D eigenvalue weighted by atomic mass is 10.1. The molecular formula is C11H10O3. The van der Waals surface area contributed by atoms with Gasteiger partial charge < -0.3 is 9.15 Å². The summed E-state index contributed by atoms with van der Waals surface area (Å²) >= 11 is 0. The summed E-state index contributed by atoms with van der Waals surface area (Å²) in [4.78, 5) is 11.1. The molecule has 0 aliphatic carbocycles. The van der Waals surface area contributed by atoms with Gasteiger partial charge in [0.15, 0.2) is 0 Å². The zero-order chi connectivity index (χ0) is 9.97. The normalized spacial score (nSPS) is 10.4. The van der Waals surface area contributed by atoms with Gasteiger partial charge in [-0.25, -0.2) is 0 Å². The fourth-order valence-corrected chi connectivity index (χ4v) is 1.44. The van der Waals surface area contributed by atoms with E-state index in [1.807, 2.05) is 24.3 Å². The van der Waals surface area contributed by atoms with Gasteiger partial charge in [-0.05, 0) is 17.7 Å². The number of carbonyl (C=O) groups excluding carboxylic acids is 1. The van der Waals surface area contributed by atoms with Gasteiger partial charge in [-0.15, -0.1) is 0 Å². The Balaban J connectivity index is 2.41. The van der Waals surface area contributed by atoms with Crippen LogP contribution in [-0.2, 0) is 16.0 Å². The molecule has 0 aliphatic heterocycles. The van der Waals surface area contributed by atoms with Crippen LogP contribution in [0.4, 0.5) is 0 Å². The van der Waals surface area contributed by atoms with Crippen molar-refractivity contribution in [2.24, 2.45) is 0 Å². The lowest BCUT2D eigenvalue weighted by Gasteiger charge is -2.00. The van der Waals surface area contributed by atoms with Crippen LogP contribution in [0.1, 0.15) is 5.56 Å². The summed E-state index contributed by atoms with van der Waals surface area (Å²) in [6, 6.07) is 7.49. The Morgan fingerprint density at radius 3 is 3.07 bits per heavy atom. The third-order valence-electron chi connectivity index (χ3n) is 2.15. The molecular weight excluding hydrogens is 180 g/mol. The highest BCUT2D eigenvalue weighted by Gasteiger charge is 2.07. The number of hydrogen-bond acceptors (Lipinski definition) is 3. The molecule has 1 aromatic carbocycles. The molecule has 0 bridgehead atoms. The molecule has 0 radical (unpaired) electrons. The van der Waals surface area contributed by atoms with Crippen molar-refractivity contribution in [3.63, 3.8) is 0 Å². The van der Waals surface area contributed by atoms with Crippen LogP contribution in [-0.4, -0.2) is 13.1 Å². The van der Waals surface area contributed by atoms with Crippen LogP contribution < -0.4 is 0 Å². The van der Waals surface area contributed by atoms with Crippen molar-refractivity contribution >= 4 is 16.9 Å². The second-order valence-corrected chi connectivity index (χ2v) is 3.00. The summed E-state index contributed by atoms with van der Waals surface area (Å²) < 4.78 is 9.83. The Hall–Kier alpha value is -1.77. The van der Waals surface area contributed by atoms with E-state index < -0.39 is 0 Å². The number of carbonyl (C=O) groups is 1. The van der Waals surface area contributed by atoms with E-state index in [0.29, 0.717) is 0 Å². The third-order valence-corrected chi connectivity index (χ3v) is 2.15. The zero-order valence-electron chi connectivity index (χ0n) is 7.82. The molecule has 2 aromatic rings. The first-order chi connectivity index (χ1) is 6.81. The minimum Gasteiger partial charge on any atom is -0.469 e. The van der Waals surface area contributed by atoms with Gasteiger partial charge >= 0.3 is 5.97 Å². The minimum atomic E-state index is -0.237. The second-order valence-electron chi connectivity index (χ2n) is 3.00. The molecule has 0 unspecified atom stereocenters. The predicted octanol–water partition coefficient (Wildman–Crippen LogP) is 2.15. The highest BCUT2D eigenvalue weighted by Crippen LogP contribution is 2.20. The molecule has 72 valence electrons. The van der Waals surface area contributed by atoms with Gasteiger partial charge in [0, 0.05) is 5.39 Å². The average molecular weight is 190 g/mol. The number of fused-ring (bicyclic) bond motifs is 1. The van der Waals surface area contributed by atoms with E-state index in [1.54, 1.807) is 6.26 Å². The second kappa shape index (κ2) is 3.54. The van der Waals surface area contributed by atoms with E-state index in [0.717, 1.165) is 16.5 Å². The van der Waals surface area contributed by atoms with Gasteiger partial charge in [0.25, 0.3) is 0 Å². The monoisotopic (exact) mass is 190 g/mol. The number of hydrogen-bond donors (Lipinski definition) is 0. The maximum Gasteiger partial charge on any atom is 0.310 e. The van der Waals surface area contributed by atoms with E-state index in [-0.39, 0.29) is 12.4 Å². The fraction of sp³-hybridized carbons (Fsp3) is 0.182. The molecule has 0 aliphatic rings. The summed E-state index contributed by atoms with van der Waals surface area (Å²) in [5.41, 5.74) is 1.73. The van der Waals surface area contributed by atoms with Crippen molar-refractivity contribution in [3.8, 4) is 0 Å². The maximum absolute atomic E-state index is 11.1. The Labute approximate surface area is 81.3 Å². The van der Waals surface area contributed by atoms with Gasteiger partial charge in [0.05, 0.1) is 19.8 Å². The van der Waals surface area contributed by atoms with Crippen molar-refractivity contribution < 1.29 is 13.9 Å². The van der Waals surface area contributed by atoms with Crippen LogP contribution in [0.25, 0.3) is 11.0 Å². The van der Waals surface area contributed by atoms with Crippen LogP contribution in [0.2, 0.25) is 0 Å². The SMILES string of the molecule is COC(=O)Cc1cccc2occc12. The predicted molar refractivity (Wildman–Crippen MR) is 51.9 cm³/mol. The Bertz CT molecular complexity index is 456. The van der Waals surface area contributed by atoms with Crippen LogP contribution in [0.15, 0.2) is 34.9 Å². The molecule has 0 saturated carbocycles. The van der Waals surface area contributed by atoms with Crippen molar-refractivity contribution in [1.82, 2.24) is 0 Å². The van der Waals surface area contributed by atoms with E-state index >= 15 is 0 Å². The molecule has 0 saturated heterocycles. The molecule has 0 amide bonds. The smallest absolute Gasteiger partial charge is 0.310 e. The van der Waals surface area contributed by atoms with Crippen LogP contribution in [0, 0.1) is 0 Å². The lowest BCUT2D eigenvalue weighted by Crippen LogP contribution is -2.04. The zero-order valence-corrected chi connectivity index (χ0v) is 7.82. The number of furan rings is 1. The minimum absolute atomic E-state index is 0.237. The quantitative estimate of drug-likeness (QED) is 0.681. The summed E-state index contributed by atoms with van der Waals surface area (Å²) in [6.45, 7) is 0. The van der Waals surface area contributed by atoms with Crippen molar-refractivity contribution in [1.29, 1.82) is 0 Å². The van der Waals surface area contributed by atoms with Gasteiger partial charge in [-0.2, -0.15) is 0 Å². The van der Waals surface area contributed by atoms with Gasteiger partial charge in [-0.3, -0.25) is 4.79 Å². The van der Waals surface area contributed by atoms with E-state index in [2.05, 4.69) is 4.74 Å². The fourth-order valence-electron chi connectivity index (χ4n) is 1.44. The first kappa shape index (κ1) is 8.81.